The zero-order valence-electron chi connectivity index (χ0n) is 15.6. The molecule has 1 aromatic carbocycles. The van der Waals surface area contributed by atoms with E-state index in [-0.39, 0.29) is 5.41 Å². The van der Waals surface area contributed by atoms with Crippen LogP contribution < -0.4 is 21.5 Å². The van der Waals surface area contributed by atoms with Crippen LogP contribution in [0.1, 0.15) is 18.9 Å². The molecule has 1 aromatic rings. The van der Waals surface area contributed by atoms with Crippen molar-refractivity contribution >= 4 is 17.9 Å². The van der Waals surface area contributed by atoms with E-state index in [0.717, 1.165) is 50.3 Å². The first-order valence-corrected chi connectivity index (χ1v) is 8.79. The molecule has 1 saturated heterocycles. The lowest BCUT2D eigenvalue weighted by Crippen LogP contribution is -2.32. The van der Waals surface area contributed by atoms with E-state index in [1.54, 1.807) is 7.11 Å². The molecule has 0 aliphatic carbocycles. The lowest BCUT2D eigenvalue weighted by atomic mass is 9.90. The Bertz CT molecular complexity index is 674. The molecular formula is C19H29N5O2. The number of hydrogen-bond donors (Lipinski definition) is 3. The molecule has 1 unspecified atom stereocenters. The van der Waals surface area contributed by atoms with Crippen molar-refractivity contribution in [3.8, 4) is 5.75 Å². The molecule has 26 heavy (non-hydrogen) atoms. The standard InChI is InChI=1S/C19H29N5O2/c1-19(12-20)7-10-24(13-19)9-6-15-3-4-16(11-17(15)26-2)23-18(21)5-8-22-14-25/h3-5,8,11,14H,6-7,9-10,12-13,20H2,1-2H3,(H2,21,23)(H,22,25)/b8-5-. The summed E-state index contributed by atoms with van der Waals surface area (Å²) in [5.41, 5.74) is 13.8. The van der Waals surface area contributed by atoms with E-state index >= 15 is 0 Å². The van der Waals surface area contributed by atoms with E-state index in [9.17, 15) is 4.79 Å². The number of likely N-dealkylation sites (tertiary alicyclic amines) is 1. The predicted octanol–water partition coefficient (Wildman–Crippen LogP) is 1.16. The van der Waals surface area contributed by atoms with Crippen LogP contribution in [0.2, 0.25) is 0 Å². The molecule has 0 spiro atoms. The fourth-order valence-electron chi connectivity index (χ4n) is 3.13. The van der Waals surface area contributed by atoms with Crippen molar-refractivity contribution in [2.24, 2.45) is 21.9 Å². The lowest BCUT2D eigenvalue weighted by molar-refractivity contribution is -0.108. The first-order valence-electron chi connectivity index (χ1n) is 8.79. The molecule has 7 heteroatoms. The van der Waals surface area contributed by atoms with Gasteiger partial charge in [0, 0.05) is 25.4 Å². The molecule has 142 valence electrons. The van der Waals surface area contributed by atoms with Gasteiger partial charge in [0.25, 0.3) is 0 Å². The number of amides is 1. The monoisotopic (exact) mass is 359 g/mol. The fourth-order valence-corrected chi connectivity index (χ4v) is 3.13. The number of hydrogen-bond acceptors (Lipinski definition) is 5. The van der Waals surface area contributed by atoms with Gasteiger partial charge < -0.3 is 26.4 Å². The Kier molecular flexibility index (Phi) is 7.17. The first-order chi connectivity index (χ1) is 12.5. The third-order valence-electron chi connectivity index (χ3n) is 4.77. The average molecular weight is 359 g/mol. The van der Waals surface area contributed by atoms with Crippen LogP contribution in [-0.4, -0.2) is 50.4 Å². The van der Waals surface area contributed by atoms with Gasteiger partial charge in [0.15, 0.2) is 0 Å². The normalized spacial score (nSPS) is 21.3. The summed E-state index contributed by atoms with van der Waals surface area (Å²) in [6.07, 6.45) is 5.59. The number of rotatable bonds is 9. The number of amidine groups is 1. The summed E-state index contributed by atoms with van der Waals surface area (Å²) in [5, 5.41) is 2.39. The van der Waals surface area contributed by atoms with Crippen LogP contribution in [0, 0.1) is 5.41 Å². The van der Waals surface area contributed by atoms with Gasteiger partial charge >= 0.3 is 0 Å². The highest BCUT2D eigenvalue weighted by Crippen LogP contribution is 2.30. The number of nitrogens with zero attached hydrogens (tertiary/aromatic N) is 2. The molecule has 1 atom stereocenters. The molecule has 1 amide bonds. The molecule has 1 fully saturated rings. The highest BCUT2D eigenvalue weighted by Gasteiger charge is 2.31. The molecule has 0 radical (unpaired) electrons. The molecule has 7 nitrogen and oxygen atoms in total. The van der Waals surface area contributed by atoms with E-state index in [1.807, 2.05) is 18.2 Å². The number of carbonyl (C=O) groups is 1. The van der Waals surface area contributed by atoms with Crippen LogP contribution in [0.15, 0.2) is 35.5 Å². The Balaban J connectivity index is 2.00. The molecule has 0 aromatic heterocycles. The van der Waals surface area contributed by atoms with Crippen molar-refractivity contribution in [3.05, 3.63) is 36.0 Å². The summed E-state index contributed by atoms with van der Waals surface area (Å²) in [4.78, 5) is 17.0. The zero-order chi connectivity index (χ0) is 19.0. The van der Waals surface area contributed by atoms with Gasteiger partial charge in [0.05, 0.1) is 12.8 Å². The summed E-state index contributed by atoms with van der Waals surface area (Å²) in [5.74, 6) is 1.10. The summed E-state index contributed by atoms with van der Waals surface area (Å²) in [6, 6.07) is 5.81. The second kappa shape index (κ2) is 9.35. The van der Waals surface area contributed by atoms with E-state index in [4.69, 9.17) is 16.2 Å². The van der Waals surface area contributed by atoms with Crippen molar-refractivity contribution in [3.63, 3.8) is 0 Å². The van der Waals surface area contributed by atoms with Gasteiger partial charge in [-0.15, -0.1) is 0 Å². The average Bonchev–Trinajstić information content (AvgIpc) is 3.02. The van der Waals surface area contributed by atoms with Crippen molar-refractivity contribution in [1.29, 1.82) is 0 Å². The number of nitrogens with two attached hydrogens (primary N) is 2. The Morgan fingerprint density at radius 3 is 2.96 bits per heavy atom. The van der Waals surface area contributed by atoms with Crippen molar-refractivity contribution in [2.75, 3.05) is 33.3 Å². The van der Waals surface area contributed by atoms with Crippen molar-refractivity contribution in [1.82, 2.24) is 10.2 Å². The van der Waals surface area contributed by atoms with Crippen LogP contribution in [0.3, 0.4) is 0 Å². The van der Waals surface area contributed by atoms with E-state index < -0.39 is 0 Å². The van der Waals surface area contributed by atoms with Gasteiger partial charge in [0.2, 0.25) is 6.41 Å². The maximum absolute atomic E-state index is 10.2. The Morgan fingerprint density at radius 2 is 2.31 bits per heavy atom. The molecule has 1 aliphatic heterocycles. The molecule has 1 aliphatic rings. The third-order valence-corrected chi connectivity index (χ3v) is 4.77. The Hall–Kier alpha value is -2.38. The third kappa shape index (κ3) is 5.57. The largest absolute Gasteiger partial charge is 0.496 e. The van der Waals surface area contributed by atoms with Crippen molar-refractivity contribution < 1.29 is 9.53 Å². The Labute approximate surface area is 155 Å². The molecule has 1 heterocycles. The number of carbonyl (C=O) groups excluding carboxylic acids is 1. The molecule has 5 N–H and O–H groups in total. The minimum absolute atomic E-state index is 0.242. The van der Waals surface area contributed by atoms with Gasteiger partial charge in [-0.05, 0) is 49.1 Å². The second-order valence-corrected chi connectivity index (χ2v) is 6.94. The lowest BCUT2D eigenvalue weighted by Gasteiger charge is -2.22. The molecular weight excluding hydrogens is 330 g/mol. The molecule has 2 rings (SSSR count). The van der Waals surface area contributed by atoms with Crippen LogP contribution in [0.4, 0.5) is 5.69 Å². The van der Waals surface area contributed by atoms with Gasteiger partial charge in [-0.25, -0.2) is 4.99 Å². The SMILES string of the molecule is COc1cc(N=C(N)/C=C\NC=O)ccc1CCN1CCC(C)(CN)C1. The summed E-state index contributed by atoms with van der Waals surface area (Å²) in [7, 11) is 1.66. The number of benzene rings is 1. The van der Waals surface area contributed by atoms with Crippen LogP contribution in [0.5, 0.6) is 5.75 Å². The minimum atomic E-state index is 0.242. The van der Waals surface area contributed by atoms with Gasteiger partial charge in [-0.3, -0.25) is 4.79 Å². The fraction of sp³-hybridized carbons (Fsp3) is 0.474. The highest BCUT2D eigenvalue weighted by molar-refractivity contribution is 5.93. The topological polar surface area (TPSA) is 106 Å². The van der Waals surface area contributed by atoms with Gasteiger partial charge in [0.1, 0.15) is 11.6 Å². The minimum Gasteiger partial charge on any atom is -0.496 e. The van der Waals surface area contributed by atoms with Crippen LogP contribution in [0.25, 0.3) is 0 Å². The maximum atomic E-state index is 10.2. The molecule has 0 bridgehead atoms. The number of aliphatic imine (C=N–C) groups is 1. The Morgan fingerprint density at radius 1 is 1.50 bits per heavy atom. The predicted molar refractivity (Wildman–Crippen MR) is 105 cm³/mol. The van der Waals surface area contributed by atoms with E-state index in [1.165, 1.54) is 12.3 Å². The van der Waals surface area contributed by atoms with E-state index in [2.05, 4.69) is 22.1 Å². The van der Waals surface area contributed by atoms with Gasteiger partial charge in [-0.1, -0.05) is 13.0 Å². The summed E-state index contributed by atoms with van der Waals surface area (Å²) < 4.78 is 5.52. The number of nitrogens with one attached hydrogen (secondary N) is 1. The smallest absolute Gasteiger partial charge is 0.211 e. The first kappa shape index (κ1) is 19.9. The summed E-state index contributed by atoms with van der Waals surface area (Å²) in [6.45, 7) is 6.11. The van der Waals surface area contributed by atoms with E-state index in [0.29, 0.717) is 17.9 Å². The van der Waals surface area contributed by atoms with Crippen LogP contribution in [-0.2, 0) is 11.2 Å². The number of ether oxygens (including phenoxy) is 1. The summed E-state index contributed by atoms with van der Waals surface area (Å²) >= 11 is 0. The number of methoxy groups -OCH3 is 1. The van der Waals surface area contributed by atoms with Gasteiger partial charge in [-0.2, -0.15) is 0 Å². The van der Waals surface area contributed by atoms with Crippen molar-refractivity contribution in [2.45, 2.75) is 19.8 Å². The maximum Gasteiger partial charge on any atom is 0.211 e. The zero-order valence-corrected chi connectivity index (χ0v) is 15.6. The highest BCUT2D eigenvalue weighted by atomic mass is 16.5. The molecule has 0 saturated carbocycles. The quantitative estimate of drug-likeness (QED) is 0.348. The second-order valence-electron chi connectivity index (χ2n) is 6.94. The van der Waals surface area contributed by atoms with Crippen LogP contribution >= 0.6 is 0 Å².